The maximum atomic E-state index is 12.5. The Morgan fingerprint density at radius 1 is 1.26 bits per heavy atom. The highest BCUT2D eigenvalue weighted by atomic mass is 16.5. The number of rotatable bonds is 1. The third-order valence-electron chi connectivity index (χ3n) is 4.56. The van der Waals surface area contributed by atoms with E-state index in [1.54, 1.807) is 7.11 Å². The molecule has 1 fully saturated rings. The van der Waals surface area contributed by atoms with Gasteiger partial charge in [0.25, 0.3) is 0 Å². The number of methoxy groups -OCH3 is 1. The van der Waals surface area contributed by atoms with Crippen molar-refractivity contribution in [1.29, 1.82) is 0 Å². The average molecular weight is 260 g/mol. The molecule has 1 aromatic rings. The van der Waals surface area contributed by atoms with E-state index in [9.17, 15) is 4.79 Å². The summed E-state index contributed by atoms with van der Waals surface area (Å²) in [6.07, 6.45) is 5.35. The van der Waals surface area contributed by atoms with Crippen molar-refractivity contribution in [2.75, 3.05) is 24.4 Å². The van der Waals surface area contributed by atoms with Crippen LogP contribution in [-0.2, 0) is 4.79 Å². The monoisotopic (exact) mass is 260 g/mol. The Morgan fingerprint density at radius 2 is 2.00 bits per heavy atom. The minimum Gasteiger partial charge on any atom is -0.497 e. The van der Waals surface area contributed by atoms with E-state index in [4.69, 9.17) is 4.74 Å². The average Bonchev–Trinajstić information content (AvgIpc) is 2.46. The Balaban J connectivity index is 2.05. The predicted molar refractivity (Wildman–Crippen MR) is 75.8 cm³/mol. The number of likely N-dealkylation sites (N-methyl/N-ethyl adjacent to an activating group) is 1. The minimum atomic E-state index is -0.363. The van der Waals surface area contributed by atoms with Crippen LogP contribution in [0, 0.1) is 0 Å². The fourth-order valence-corrected chi connectivity index (χ4v) is 3.34. The molecule has 3 rings (SSSR count). The fourth-order valence-electron chi connectivity index (χ4n) is 3.34. The summed E-state index contributed by atoms with van der Waals surface area (Å²) in [5.41, 5.74) is 1.57. The maximum Gasteiger partial charge on any atom is 0.250 e. The number of anilines is 2. The number of carbonyl (C=O) groups is 1. The van der Waals surface area contributed by atoms with Gasteiger partial charge in [-0.25, -0.2) is 0 Å². The van der Waals surface area contributed by atoms with Crippen molar-refractivity contribution in [2.45, 2.75) is 37.6 Å². The topological polar surface area (TPSA) is 41.6 Å². The van der Waals surface area contributed by atoms with E-state index < -0.39 is 0 Å². The van der Waals surface area contributed by atoms with E-state index in [0.29, 0.717) is 0 Å². The second-order valence-electron chi connectivity index (χ2n) is 5.49. The first-order chi connectivity index (χ1) is 9.17. The lowest BCUT2D eigenvalue weighted by Crippen LogP contribution is -2.59. The maximum absolute atomic E-state index is 12.5. The van der Waals surface area contributed by atoms with Crippen LogP contribution in [0.1, 0.15) is 32.1 Å². The summed E-state index contributed by atoms with van der Waals surface area (Å²) in [6, 6.07) is 5.80. The molecular weight excluding hydrogens is 240 g/mol. The SMILES string of the molecule is COc1ccc2c(c1)N(C)C1(CCCCC1)C(=O)N2. The molecule has 1 aromatic carbocycles. The molecule has 1 aliphatic heterocycles. The molecule has 1 amide bonds. The van der Waals surface area contributed by atoms with Gasteiger partial charge in [-0.2, -0.15) is 0 Å². The first-order valence-corrected chi connectivity index (χ1v) is 6.91. The fraction of sp³-hybridized carbons (Fsp3) is 0.533. The summed E-state index contributed by atoms with van der Waals surface area (Å²) < 4.78 is 5.29. The van der Waals surface area contributed by atoms with Crippen molar-refractivity contribution in [3.63, 3.8) is 0 Å². The number of hydrogen-bond acceptors (Lipinski definition) is 3. The molecular formula is C15H20N2O2. The van der Waals surface area contributed by atoms with E-state index in [0.717, 1.165) is 42.8 Å². The van der Waals surface area contributed by atoms with Gasteiger partial charge < -0.3 is 15.0 Å². The molecule has 0 atom stereocenters. The quantitative estimate of drug-likeness (QED) is 0.844. The van der Waals surface area contributed by atoms with Crippen molar-refractivity contribution in [1.82, 2.24) is 0 Å². The summed E-state index contributed by atoms with van der Waals surface area (Å²) in [5, 5.41) is 3.07. The minimum absolute atomic E-state index is 0.146. The Hall–Kier alpha value is -1.71. The van der Waals surface area contributed by atoms with Crippen LogP contribution < -0.4 is 15.0 Å². The highest BCUT2D eigenvalue weighted by Gasteiger charge is 2.46. The van der Waals surface area contributed by atoms with Crippen LogP contribution in [0.15, 0.2) is 18.2 Å². The van der Waals surface area contributed by atoms with Crippen molar-refractivity contribution >= 4 is 17.3 Å². The summed E-state index contributed by atoms with van der Waals surface area (Å²) in [6.45, 7) is 0. The van der Waals surface area contributed by atoms with Crippen molar-refractivity contribution < 1.29 is 9.53 Å². The van der Waals surface area contributed by atoms with Crippen LogP contribution in [0.25, 0.3) is 0 Å². The van der Waals surface area contributed by atoms with Gasteiger partial charge in [0, 0.05) is 13.1 Å². The zero-order chi connectivity index (χ0) is 13.5. The molecule has 4 heteroatoms. The molecule has 4 nitrogen and oxygen atoms in total. The largest absolute Gasteiger partial charge is 0.497 e. The first kappa shape index (κ1) is 12.3. The molecule has 0 bridgehead atoms. The lowest BCUT2D eigenvalue weighted by Gasteiger charge is -2.48. The Morgan fingerprint density at radius 3 is 2.68 bits per heavy atom. The van der Waals surface area contributed by atoms with Crippen LogP contribution in [0.3, 0.4) is 0 Å². The van der Waals surface area contributed by atoms with Gasteiger partial charge in [-0.3, -0.25) is 4.79 Å². The van der Waals surface area contributed by atoms with E-state index in [2.05, 4.69) is 10.2 Å². The Bertz CT molecular complexity index is 507. The van der Waals surface area contributed by atoms with Gasteiger partial charge >= 0.3 is 0 Å². The van der Waals surface area contributed by atoms with Gasteiger partial charge in [0.15, 0.2) is 0 Å². The molecule has 1 heterocycles. The molecule has 0 saturated heterocycles. The second-order valence-corrected chi connectivity index (χ2v) is 5.49. The molecule has 0 radical (unpaired) electrons. The van der Waals surface area contributed by atoms with Crippen molar-refractivity contribution in [3.8, 4) is 5.75 Å². The Labute approximate surface area is 113 Å². The number of carbonyl (C=O) groups excluding carboxylic acids is 1. The summed E-state index contributed by atoms with van der Waals surface area (Å²) in [4.78, 5) is 14.7. The van der Waals surface area contributed by atoms with Crippen LogP contribution in [0.4, 0.5) is 11.4 Å². The molecule has 1 aliphatic carbocycles. The Kier molecular flexibility index (Phi) is 2.88. The number of benzene rings is 1. The van der Waals surface area contributed by atoms with Gasteiger partial charge in [-0.15, -0.1) is 0 Å². The van der Waals surface area contributed by atoms with Crippen LogP contribution in [0.5, 0.6) is 5.75 Å². The number of nitrogens with one attached hydrogen (secondary N) is 1. The molecule has 0 unspecified atom stereocenters. The second kappa shape index (κ2) is 4.44. The van der Waals surface area contributed by atoms with Gasteiger partial charge in [-0.05, 0) is 25.0 Å². The third-order valence-corrected chi connectivity index (χ3v) is 4.56. The smallest absolute Gasteiger partial charge is 0.250 e. The van der Waals surface area contributed by atoms with Gasteiger partial charge in [0.05, 0.1) is 18.5 Å². The van der Waals surface area contributed by atoms with E-state index in [1.807, 2.05) is 25.2 Å². The summed E-state index contributed by atoms with van der Waals surface area (Å²) in [7, 11) is 3.70. The molecule has 102 valence electrons. The number of nitrogens with zero attached hydrogens (tertiary/aromatic N) is 1. The standard InChI is InChI=1S/C15H20N2O2/c1-17-13-10-11(19-2)6-7-12(13)16-14(18)15(17)8-4-3-5-9-15/h6-7,10H,3-5,8-9H2,1-2H3,(H,16,18). The van der Waals surface area contributed by atoms with E-state index in [1.165, 1.54) is 6.42 Å². The molecule has 2 aliphatic rings. The number of ether oxygens (including phenoxy) is 1. The zero-order valence-corrected chi connectivity index (χ0v) is 11.5. The number of hydrogen-bond donors (Lipinski definition) is 1. The summed E-state index contributed by atoms with van der Waals surface area (Å²) >= 11 is 0. The third kappa shape index (κ3) is 1.78. The normalized spacial score (nSPS) is 20.9. The van der Waals surface area contributed by atoms with Gasteiger partial charge in [0.1, 0.15) is 11.3 Å². The van der Waals surface area contributed by atoms with E-state index >= 15 is 0 Å². The van der Waals surface area contributed by atoms with Crippen molar-refractivity contribution in [3.05, 3.63) is 18.2 Å². The number of amides is 1. The molecule has 1 saturated carbocycles. The molecule has 1 N–H and O–H groups in total. The van der Waals surface area contributed by atoms with Gasteiger partial charge in [-0.1, -0.05) is 19.3 Å². The van der Waals surface area contributed by atoms with Crippen LogP contribution >= 0.6 is 0 Å². The lowest BCUT2D eigenvalue weighted by molar-refractivity contribution is -0.122. The van der Waals surface area contributed by atoms with E-state index in [-0.39, 0.29) is 11.4 Å². The lowest BCUT2D eigenvalue weighted by atomic mass is 9.78. The highest BCUT2D eigenvalue weighted by molar-refractivity contribution is 6.06. The van der Waals surface area contributed by atoms with Gasteiger partial charge in [0.2, 0.25) is 5.91 Å². The predicted octanol–water partition coefficient (Wildman–Crippen LogP) is 2.79. The molecule has 1 spiro atoms. The zero-order valence-electron chi connectivity index (χ0n) is 11.5. The molecule has 19 heavy (non-hydrogen) atoms. The van der Waals surface area contributed by atoms with Crippen molar-refractivity contribution in [2.24, 2.45) is 0 Å². The van der Waals surface area contributed by atoms with Crippen LogP contribution in [-0.4, -0.2) is 25.6 Å². The highest BCUT2D eigenvalue weighted by Crippen LogP contribution is 2.44. The first-order valence-electron chi connectivity index (χ1n) is 6.91. The number of fused-ring (bicyclic) bond motifs is 1. The summed E-state index contributed by atoms with van der Waals surface area (Å²) in [5.74, 6) is 0.972. The van der Waals surface area contributed by atoms with Crippen LogP contribution in [0.2, 0.25) is 0 Å². The molecule has 0 aromatic heterocycles.